The van der Waals surface area contributed by atoms with Crippen molar-refractivity contribution in [3.63, 3.8) is 0 Å². The van der Waals surface area contributed by atoms with Crippen LogP contribution in [0.3, 0.4) is 0 Å². The number of rotatable bonds is 0. The third kappa shape index (κ3) is 35.5. The van der Waals surface area contributed by atoms with Gasteiger partial charge < -0.3 is 17.9 Å². The van der Waals surface area contributed by atoms with E-state index in [1.54, 1.807) is 0 Å². The fourth-order valence-corrected chi connectivity index (χ4v) is 0. The molecule has 0 heterocycles. The third-order valence-electron chi connectivity index (χ3n) is 0. The Morgan fingerprint density at radius 1 is 1.00 bits per heavy atom. The predicted molar refractivity (Wildman–Crippen MR) is 19.8 cm³/mol. The second-order valence-electron chi connectivity index (χ2n) is 0. The zero-order chi connectivity index (χ0) is 2.00. The molecule has 0 unspecified atom stereocenters. The van der Waals surface area contributed by atoms with Crippen LogP contribution in [0, 0.1) is 0 Å². The average molecular weight is 233 g/mol. The summed E-state index contributed by atoms with van der Waals surface area (Å²) >= 11 is 0.300. The van der Waals surface area contributed by atoms with E-state index in [4.69, 9.17) is 3.02 Å². The van der Waals surface area contributed by atoms with Crippen LogP contribution in [0.1, 0.15) is 1.43 Å². The molecule has 0 amide bonds. The first kappa shape index (κ1) is 42.1. The van der Waals surface area contributed by atoms with E-state index >= 15 is 0 Å². The minimum atomic E-state index is 0. The zero-order valence-electron chi connectivity index (χ0n) is 4.41. The predicted octanol–water partition coefficient (Wildman–Crippen LogP) is -6.12. The van der Waals surface area contributed by atoms with Crippen molar-refractivity contribution in [2.24, 2.45) is 0 Å². The standard InChI is InChI=1S/K.3H2O.O.Sb.2H/h;3*1H2;;;;/q+1;;;;;;;-1. The van der Waals surface area contributed by atoms with Gasteiger partial charge in [-0.25, -0.2) is 0 Å². The Morgan fingerprint density at radius 3 is 1.00 bits per heavy atom. The SMILES string of the molecule is O.O.O.[H-].[K+].[O]=[SbH]. The first-order valence-electron chi connectivity index (χ1n) is 0.204. The molecular formula is H8KO4Sb. The van der Waals surface area contributed by atoms with E-state index in [1.807, 2.05) is 0 Å². The first-order chi connectivity index (χ1) is 1.00. The molecule has 0 aliphatic rings. The van der Waals surface area contributed by atoms with Gasteiger partial charge in [0.2, 0.25) is 0 Å². The van der Waals surface area contributed by atoms with Gasteiger partial charge in [-0.15, -0.1) is 0 Å². The molecule has 0 aromatic rings. The van der Waals surface area contributed by atoms with Gasteiger partial charge in [-0.1, -0.05) is 0 Å². The van der Waals surface area contributed by atoms with Crippen LogP contribution < -0.4 is 51.4 Å². The van der Waals surface area contributed by atoms with Crippen molar-refractivity contribution in [1.29, 1.82) is 0 Å². The summed E-state index contributed by atoms with van der Waals surface area (Å²) in [7, 11) is 0. The summed E-state index contributed by atoms with van der Waals surface area (Å²) in [5.41, 5.74) is 0. The zero-order valence-corrected chi connectivity index (χ0v) is 9.39. The summed E-state index contributed by atoms with van der Waals surface area (Å²) in [6, 6.07) is 0. The maximum absolute atomic E-state index is 8.34. The van der Waals surface area contributed by atoms with Gasteiger partial charge in [0.15, 0.2) is 0 Å². The van der Waals surface area contributed by atoms with Crippen LogP contribution in [0.25, 0.3) is 0 Å². The van der Waals surface area contributed by atoms with E-state index in [9.17, 15) is 0 Å². The molecule has 0 spiro atoms. The molecule has 0 rings (SSSR count). The average Bonchev–Trinajstić information content (AvgIpc) is 1.00. The van der Waals surface area contributed by atoms with Crippen LogP contribution in [0.5, 0.6) is 0 Å². The van der Waals surface area contributed by atoms with Crippen molar-refractivity contribution in [1.82, 2.24) is 0 Å². The molecule has 0 aliphatic carbocycles. The van der Waals surface area contributed by atoms with Crippen LogP contribution >= 0.6 is 0 Å². The summed E-state index contributed by atoms with van der Waals surface area (Å²) in [6.45, 7) is 0. The fraction of sp³-hybridized carbons (Fsp3) is 0. The Kier molecular flexibility index (Phi) is 414. The van der Waals surface area contributed by atoms with Gasteiger partial charge in [0, 0.05) is 0 Å². The molecule has 4 nitrogen and oxygen atoms in total. The quantitative estimate of drug-likeness (QED) is 0.381. The summed E-state index contributed by atoms with van der Waals surface area (Å²) < 4.78 is 8.34. The minimum absolute atomic E-state index is 0. The molecule has 6 heteroatoms. The molecule has 0 fully saturated rings. The molecule has 0 atom stereocenters. The van der Waals surface area contributed by atoms with Gasteiger partial charge >= 0.3 is 77.4 Å². The van der Waals surface area contributed by atoms with Crippen LogP contribution in [-0.2, 0) is 3.02 Å². The van der Waals surface area contributed by atoms with Crippen molar-refractivity contribution in [2.45, 2.75) is 0 Å². The molecule has 0 bridgehead atoms. The van der Waals surface area contributed by atoms with Gasteiger partial charge in [0.1, 0.15) is 0 Å². The summed E-state index contributed by atoms with van der Waals surface area (Å²) in [5.74, 6) is 0. The second kappa shape index (κ2) is 58.9. The Bertz CT molecular complexity index is 11.7. The molecule has 0 aromatic heterocycles. The number of hydrogen-bond acceptors (Lipinski definition) is 1. The molecule has 0 aromatic carbocycles. The van der Waals surface area contributed by atoms with Gasteiger partial charge in [0.25, 0.3) is 0 Å². The van der Waals surface area contributed by atoms with Crippen LogP contribution in [0.4, 0.5) is 0 Å². The number of hydrogen-bond donors (Lipinski definition) is 0. The summed E-state index contributed by atoms with van der Waals surface area (Å²) in [4.78, 5) is 0. The van der Waals surface area contributed by atoms with Crippen molar-refractivity contribution >= 4 is 23.0 Å². The van der Waals surface area contributed by atoms with Crippen LogP contribution in [-0.4, -0.2) is 39.4 Å². The van der Waals surface area contributed by atoms with E-state index in [2.05, 4.69) is 0 Å². The van der Waals surface area contributed by atoms with E-state index in [1.165, 1.54) is 0 Å². The Labute approximate surface area is 93.4 Å². The van der Waals surface area contributed by atoms with Crippen molar-refractivity contribution in [3.05, 3.63) is 0 Å². The summed E-state index contributed by atoms with van der Waals surface area (Å²) in [6.07, 6.45) is 0. The van der Waals surface area contributed by atoms with Crippen LogP contribution in [0.2, 0.25) is 0 Å². The molecule has 6 heavy (non-hydrogen) atoms. The molecular weight excluding hydrogens is 225 g/mol. The Morgan fingerprint density at radius 2 is 1.00 bits per heavy atom. The normalized spacial score (nSPS) is 0.667. The molecule has 38 valence electrons. The van der Waals surface area contributed by atoms with Gasteiger partial charge in [-0.2, -0.15) is 0 Å². The fourth-order valence-electron chi connectivity index (χ4n) is 0. The summed E-state index contributed by atoms with van der Waals surface area (Å²) in [5, 5.41) is 0. The Balaban J connectivity index is -0.000000000500. The van der Waals surface area contributed by atoms with E-state index in [-0.39, 0.29) is 69.2 Å². The first-order valence-corrected chi connectivity index (χ1v) is 1.37. The molecule has 0 saturated carbocycles. The van der Waals surface area contributed by atoms with Gasteiger partial charge in [-0.05, 0) is 0 Å². The second-order valence-corrected chi connectivity index (χ2v) is 0. The van der Waals surface area contributed by atoms with Crippen LogP contribution in [0.15, 0.2) is 0 Å². The van der Waals surface area contributed by atoms with Crippen molar-refractivity contribution in [3.8, 4) is 0 Å². The van der Waals surface area contributed by atoms with Crippen molar-refractivity contribution in [2.75, 3.05) is 0 Å². The molecule has 0 aliphatic heterocycles. The Hall–Kier alpha value is 2.13. The van der Waals surface area contributed by atoms with E-state index in [0.29, 0.717) is 23.0 Å². The molecule has 6 N–H and O–H groups in total. The third-order valence-corrected chi connectivity index (χ3v) is 0. The van der Waals surface area contributed by atoms with Crippen molar-refractivity contribution < 1.29 is 72.3 Å². The van der Waals surface area contributed by atoms with Gasteiger partial charge in [0.05, 0.1) is 0 Å². The van der Waals surface area contributed by atoms with E-state index < -0.39 is 0 Å². The van der Waals surface area contributed by atoms with Gasteiger partial charge in [-0.3, -0.25) is 0 Å². The topological polar surface area (TPSA) is 112 Å². The van der Waals surface area contributed by atoms with E-state index in [0.717, 1.165) is 0 Å². The molecule has 0 saturated heterocycles. The maximum atomic E-state index is 8.34. The monoisotopic (exact) mass is 232 g/mol. The molecule has 0 radical (unpaired) electrons.